The summed E-state index contributed by atoms with van der Waals surface area (Å²) in [5.74, 6) is -1.20. The molecule has 0 radical (unpaired) electrons. The molecule has 0 aliphatic heterocycles. The van der Waals surface area contributed by atoms with E-state index in [-0.39, 0.29) is 0 Å². The number of aliphatic hydroxyl groups excluding tert-OH is 1. The van der Waals surface area contributed by atoms with Gasteiger partial charge in [-0.15, -0.1) is 0 Å². The van der Waals surface area contributed by atoms with Crippen LogP contribution in [0.3, 0.4) is 0 Å². The number of rotatable bonds is 3. The second kappa shape index (κ2) is 4.33. The molecule has 0 heterocycles. The molecule has 0 aliphatic carbocycles. The molecule has 1 aromatic rings. The van der Waals surface area contributed by atoms with E-state index < -0.39 is 17.7 Å². The van der Waals surface area contributed by atoms with Crippen LogP contribution in [-0.2, 0) is 6.42 Å². The van der Waals surface area contributed by atoms with Crippen LogP contribution in [0.1, 0.15) is 18.9 Å². The quantitative estimate of drug-likeness (QED) is 0.767. The van der Waals surface area contributed by atoms with Crippen LogP contribution in [0.15, 0.2) is 18.2 Å². The number of hydrogen-bond acceptors (Lipinski definition) is 1. The summed E-state index contributed by atoms with van der Waals surface area (Å²) in [6, 6.07) is 3.30. The molecule has 0 aliphatic rings. The van der Waals surface area contributed by atoms with Gasteiger partial charge in [0.25, 0.3) is 0 Å². The van der Waals surface area contributed by atoms with Crippen molar-refractivity contribution in [1.29, 1.82) is 0 Å². The minimum absolute atomic E-state index is 0.297. The van der Waals surface area contributed by atoms with E-state index in [9.17, 15) is 13.9 Å². The third-order valence-corrected chi connectivity index (χ3v) is 1.86. The van der Waals surface area contributed by atoms with E-state index in [0.717, 1.165) is 6.07 Å². The van der Waals surface area contributed by atoms with Gasteiger partial charge in [0, 0.05) is 6.07 Å². The van der Waals surface area contributed by atoms with Crippen molar-refractivity contribution in [3.05, 3.63) is 35.4 Å². The van der Waals surface area contributed by atoms with Crippen LogP contribution in [0.25, 0.3) is 0 Å². The summed E-state index contributed by atoms with van der Waals surface area (Å²) < 4.78 is 25.3. The van der Waals surface area contributed by atoms with Crippen LogP contribution in [0.5, 0.6) is 0 Å². The van der Waals surface area contributed by atoms with Gasteiger partial charge in [0.1, 0.15) is 11.6 Å². The minimum Gasteiger partial charge on any atom is -0.393 e. The molecule has 72 valence electrons. The molecule has 0 saturated carbocycles. The van der Waals surface area contributed by atoms with Crippen LogP contribution >= 0.6 is 0 Å². The molecule has 1 rings (SSSR count). The van der Waals surface area contributed by atoms with E-state index in [1.807, 2.05) is 6.92 Å². The Morgan fingerprint density at radius 2 is 1.77 bits per heavy atom. The maximum absolute atomic E-state index is 12.7. The third kappa shape index (κ3) is 3.11. The summed E-state index contributed by atoms with van der Waals surface area (Å²) >= 11 is 0. The van der Waals surface area contributed by atoms with Crippen molar-refractivity contribution in [2.45, 2.75) is 25.9 Å². The number of halogens is 2. The van der Waals surface area contributed by atoms with E-state index in [2.05, 4.69) is 0 Å². The molecule has 1 aromatic carbocycles. The van der Waals surface area contributed by atoms with Crippen LogP contribution in [-0.4, -0.2) is 11.2 Å². The van der Waals surface area contributed by atoms with Crippen LogP contribution in [0.4, 0.5) is 8.78 Å². The Morgan fingerprint density at radius 3 is 2.23 bits per heavy atom. The SMILES string of the molecule is CC[C@@H](O)Cc1cc(F)cc(F)c1. The summed E-state index contributed by atoms with van der Waals surface area (Å²) in [6.07, 6.45) is 0.352. The third-order valence-electron chi connectivity index (χ3n) is 1.86. The average molecular weight is 186 g/mol. The van der Waals surface area contributed by atoms with Crippen molar-refractivity contribution < 1.29 is 13.9 Å². The Balaban J connectivity index is 2.77. The molecule has 13 heavy (non-hydrogen) atoms. The molecule has 0 aromatic heterocycles. The monoisotopic (exact) mass is 186 g/mol. The Labute approximate surface area is 76.0 Å². The fraction of sp³-hybridized carbons (Fsp3) is 0.400. The lowest BCUT2D eigenvalue weighted by atomic mass is 10.1. The van der Waals surface area contributed by atoms with Crippen LogP contribution in [0.2, 0.25) is 0 Å². The molecule has 0 spiro atoms. The zero-order chi connectivity index (χ0) is 9.84. The molecule has 0 fully saturated rings. The summed E-state index contributed by atoms with van der Waals surface area (Å²) in [6.45, 7) is 1.82. The van der Waals surface area contributed by atoms with E-state index in [4.69, 9.17) is 0 Å². The highest BCUT2D eigenvalue weighted by Gasteiger charge is 2.05. The van der Waals surface area contributed by atoms with Crippen molar-refractivity contribution in [3.63, 3.8) is 0 Å². The maximum Gasteiger partial charge on any atom is 0.126 e. The van der Waals surface area contributed by atoms with E-state index >= 15 is 0 Å². The Morgan fingerprint density at radius 1 is 1.23 bits per heavy atom. The van der Waals surface area contributed by atoms with Gasteiger partial charge in [-0.25, -0.2) is 8.78 Å². The lowest BCUT2D eigenvalue weighted by Gasteiger charge is -2.07. The second-order valence-electron chi connectivity index (χ2n) is 3.04. The molecule has 1 N–H and O–H groups in total. The van der Waals surface area contributed by atoms with Gasteiger partial charge in [-0.1, -0.05) is 6.92 Å². The first-order chi connectivity index (χ1) is 6.11. The molecular weight excluding hydrogens is 174 g/mol. The molecule has 0 saturated heterocycles. The average Bonchev–Trinajstić information content (AvgIpc) is 2.02. The van der Waals surface area contributed by atoms with E-state index in [0.29, 0.717) is 18.4 Å². The van der Waals surface area contributed by atoms with Gasteiger partial charge in [0.15, 0.2) is 0 Å². The first kappa shape index (κ1) is 10.1. The first-order valence-electron chi connectivity index (χ1n) is 4.25. The predicted molar refractivity (Wildman–Crippen MR) is 46.4 cm³/mol. The van der Waals surface area contributed by atoms with Gasteiger partial charge >= 0.3 is 0 Å². The molecule has 0 amide bonds. The largest absolute Gasteiger partial charge is 0.393 e. The lowest BCUT2D eigenvalue weighted by Crippen LogP contribution is -2.08. The summed E-state index contributed by atoms with van der Waals surface area (Å²) in [5, 5.41) is 9.25. The summed E-state index contributed by atoms with van der Waals surface area (Å²) in [5.41, 5.74) is 0.492. The molecule has 0 unspecified atom stereocenters. The normalized spacial score (nSPS) is 12.9. The molecule has 0 bridgehead atoms. The number of benzene rings is 1. The highest BCUT2D eigenvalue weighted by atomic mass is 19.1. The Bertz CT molecular complexity index is 266. The summed E-state index contributed by atoms with van der Waals surface area (Å²) in [7, 11) is 0. The maximum atomic E-state index is 12.7. The van der Waals surface area contributed by atoms with Crippen molar-refractivity contribution >= 4 is 0 Å². The van der Waals surface area contributed by atoms with Gasteiger partial charge < -0.3 is 5.11 Å². The fourth-order valence-corrected chi connectivity index (χ4v) is 1.15. The zero-order valence-electron chi connectivity index (χ0n) is 7.43. The molecular formula is C10H12F2O. The van der Waals surface area contributed by atoms with Crippen molar-refractivity contribution in [2.75, 3.05) is 0 Å². The lowest BCUT2D eigenvalue weighted by molar-refractivity contribution is 0.170. The van der Waals surface area contributed by atoms with E-state index in [1.54, 1.807) is 0 Å². The fourth-order valence-electron chi connectivity index (χ4n) is 1.15. The number of hydrogen-bond donors (Lipinski definition) is 1. The highest BCUT2D eigenvalue weighted by molar-refractivity contribution is 5.18. The zero-order valence-corrected chi connectivity index (χ0v) is 7.43. The van der Waals surface area contributed by atoms with Gasteiger partial charge in [0.2, 0.25) is 0 Å². The standard InChI is InChI=1S/C10H12F2O/c1-2-10(13)5-7-3-8(11)6-9(12)4-7/h3-4,6,10,13H,2,5H2,1H3/t10-/m1/s1. The topological polar surface area (TPSA) is 20.2 Å². The van der Waals surface area contributed by atoms with Gasteiger partial charge in [-0.2, -0.15) is 0 Å². The first-order valence-corrected chi connectivity index (χ1v) is 4.25. The summed E-state index contributed by atoms with van der Waals surface area (Å²) in [4.78, 5) is 0. The van der Waals surface area contributed by atoms with Crippen LogP contribution in [0, 0.1) is 11.6 Å². The molecule has 1 nitrogen and oxygen atoms in total. The minimum atomic E-state index is -0.599. The van der Waals surface area contributed by atoms with Gasteiger partial charge in [-0.3, -0.25) is 0 Å². The number of aliphatic hydroxyl groups is 1. The van der Waals surface area contributed by atoms with E-state index in [1.165, 1.54) is 12.1 Å². The van der Waals surface area contributed by atoms with Gasteiger partial charge in [-0.05, 0) is 30.5 Å². The molecule has 1 atom stereocenters. The van der Waals surface area contributed by atoms with Crippen molar-refractivity contribution in [3.8, 4) is 0 Å². The van der Waals surface area contributed by atoms with Gasteiger partial charge in [0.05, 0.1) is 6.10 Å². The second-order valence-corrected chi connectivity index (χ2v) is 3.04. The van der Waals surface area contributed by atoms with Crippen LogP contribution < -0.4 is 0 Å². The Hall–Kier alpha value is -0.960. The van der Waals surface area contributed by atoms with Crippen molar-refractivity contribution in [1.82, 2.24) is 0 Å². The smallest absolute Gasteiger partial charge is 0.126 e. The van der Waals surface area contributed by atoms with Crippen molar-refractivity contribution in [2.24, 2.45) is 0 Å². The Kier molecular flexibility index (Phi) is 3.37. The molecule has 3 heteroatoms. The predicted octanol–water partition coefficient (Wildman–Crippen LogP) is 2.28. The highest BCUT2D eigenvalue weighted by Crippen LogP contribution is 2.10.